The van der Waals surface area contributed by atoms with Gasteiger partial charge in [-0.05, 0) is 42.0 Å². The quantitative estimate of drug-likeness (QED) is 0.751. The minimum absolute atomic E-state index is 0.219. The molecule has 0 amide bonds. The van der Waals surface area contributed by atoms with Crippen molar-refractivity contribution < 1.29 is 4.39 Å². The Kier molecular flexibility index (Phi) is 4.30. The molecule has 0 atom stereocenters. The Morgan fingerprint density at radius 1 is 1.05 bits per heavy atom. The SMILES string of the molecule is NC(=S)Nc1ccccc1NCc1ccc(F)cc1. The average molecular weight is 275 g/mol. The summed E-state index contributed by atoms with van der Waals surface area (Å²) >= 11 is 4.83. The van der Waals surface area contributed by atoms with Crippen molar-refractivity contribution in [2.24, 2.45) is 5.73 Å². The number of benzene rings is 2. The van der Waals surface area contributed by atoms with Crippen molar-refractivity contribution in [1.29, 1.82) is 0 Å². The molecule has 19 heavy (non-hydrogen) atoms. The number of para-hydroxylation sites is 2. The first-order valence-electron chi connectivity index (χ1n) is 5.79. The van der Waals surface area contributed by atoms with Gasteiger partial charge in [-0.25, -0.2) is 4.39 Å². The molecule has 0 saturated heterocycles. The first-order chi connectivity index (χ1) is 9.15. The summed E-state index contributed by atoms with van der Waals surface area (Å²) in [6, 6.07) is 14.0. The van der Waals surface area contributed by atoms with Gasteiger partial charge in [0.1, 0.15) is 5.82 Å². The van der Waals surface area contributed by atoms with Crippen LogP contribution in [-0.2, 0) is 6.54 Å². The van der Waals surface area contributed by atoms with Crippen LogP contribution >= 0.6 is 12.2 Å². The molecule has 0 radical (unpaired) electrons. The van der Waals surface area contributed by atoms with Gasteiger partial charge in [-0.2, -0.15) is 0 Å². The Morgan fingerprint density at radius 2 is 1.68 bits per heavy atom. The molecule has 2 rings (SSSR count). The maximum absolute atomic E-state index is 12.8. The largest absolute Gasteiger partial charge is 0.379 e. The second-order valence-corrected chi connectivity index (χ2v) is 4.45. The van der Waals surface area contributed by atoms with Crippen molar-refractivity contribution in [2.45, 2.75) is 6.54 Å². The van der Waals surface area contributed by atoms with Crippen LogP contribution in [-0.4, -0.2) is 5.11 Å². The molecule has 0 bridgehead atoms. The summed E-state index contributed by atoms with van der Waals surface area (Å²) in [5.41, 5.74) is 8.17. The van der Waals surface area contributed by atoms with Crippen LogP contribution in [0.5, 0.6) is 0 Å². The lowest BCUT2D eigenvalue weighted by molar-refractivity contribution is 0.627. The van der Waals surface area contributed by atoms with E-state index in [1.165, 1.54) is 12.1 Å². The van der Waals surface area contributed by atoms with E-state index in [2.05, 4.69) is 10.6 Å². The fourth-order valence-electron chi connectivity index (χ4n) is 1.68. The Morgan fingerprint density at radius 3 is 2.32 bits per heavy atom. The van der Waals surface area contributed by atoms with Crippen LogP contribution in [0.1, 0.15) is 5.56 Å². The lowest BCUT2D eigenvalue weighted by Crippen LogP contribution is -2.19. The molecular formula is C14H14FN3S. The summed E-state index contributed by atoms with van der Waals surface area (Å²) < 4.78 is 12.8. The van der Waals surface area contributed by atoms with Gasteiger partial charge in [0.15, 0.2) is 5.11 Å². The molecule has 2 aromatic rings. The van der Waals surface area contributed by atoms with Crippen LogP contribution in [0.3, 0.4) is 0 Å². The molecular weight excluding hydrogens is 261 g/mol. The van der Waals surface area contributed by atoms with E-state index in [4.69, 9.17) is 18.0 Å². The van der Waals surface area contributed by atoms with Gasteiger partial charge < -0.3 is 16.4 Å². The minimum Gasteiger partial charge on any atom is -0.379 e. The van der Waals surface area contributed by atoms with Crippen molar-refractivity contribution in [2.75, 3.05) is 10.6 Å². The molecule has 0 saturated carbocycles. The van der Waals surface area contributed by atoms with Crippen LogP contribution in [0.2, 0.25) is 0 Å². The monoisotopic (exact) mass is 275 g/mol. The lowest BCUT2D eigenvalue weighted by atomic mass is 10.2. The third-order valence-electron chi connectivity index (χ3n) is 2.58. The van der Waals surface area contributed by atoms with Gasteiger partial charge in [0.25, 0.3) is 0 Å². The summed E-state index contributed by atoms with van der Waals surface area (Å²) in [5.74, 6) is -0.237. The van der Waals surface area contributed by atoms with E-state index < -0.39 is 0 Å². The Labute approximate surface area is 116 Å². The number of rotatable bonds is 4. The van der Waals surface area contributed by atoms with E-state index >= 15 is 0 Å². The highest BCUT2D eigenvalue weighted by atomic mass is 32.1. The normalized spacial score (nSPS) is 9.95. The van der Waals surface area contributed by atoms with Crippen LogP contribution in [0.4, 0.5) is 15.8 Å². The molecule has 3 nitrogen and oxygen atoms in total. The Balaban J connectivity index is 2.06. The van der Waals surface area contributed by atoms with Crippen LogP contribution in [0, 0.1) is 5.82 Å². The Bertz CT molecular complexity index is 569. The first-order valence-corrected chi connectivity index (χ1v) is 6.20. The molecule has 0 aromatic heterocycles. The highest BCUT2D eigenvalue weighted by Crippen LogP contribution is 2.21. The number of halogens is 1. The van der Waals surface area contributed by atoms with Gasteiger partial charge in [0.05, 0.1) is 11.4 Å². The maximum atomic E-state index is 12.8. The van der Waals surface area contributed by atoms with Gasteiger partial charge in [-0.3, -0.25) is 0 Å². The number of nitrogens with one attached hydrogen (secondary N) is 2. The number of thiocarbonyl (C=S) groups is 1. The van der Waals surface area contributed by atoms with Gasteiger partial charge in [0.2, 0.25) is 0 Å². The molecule has 4 N–H and O–H groups in total. The van der Waals surface area contributed by atoms with Gasteiger partial charge in [-0.1, -0.05) is 24.3 Å². The van der Waals surface area contributed by atoms with Crippen molar-refractivity contribution in [1.82, 2.24) is 0 Å². The fraction of sp³-hybridized carbons (Fsp3) is 0.0714. The molecule has 0 spiro atoms. The number of nitrogens with two attached hydrogens (primary N) is 1. The molecule has 0 aliphatic rings. The molecule has 0 heterocycles. The van der Waals surface area contributed by atoms with E-state index in [-0.39, 0.29) is 10.9 Å². The average Bonchev–Trinajstić information content (AvgIpc) is 2.39. The summed E-state index contributed by atoms with van der Waals surface area (Å²) in [6.07, 6.45) is 0. The standard InChI is InChI=1S/C14H14FN3S/c15-11-7-5-10(6-8-11)9-17-12-3-1-2-4-13(12)18-14(16)19/h1-8,17H,9H2,(H3,16,18,19). The second kappa shape index (κ2) is 6.15. The molecule has 0 aliphatic carbocycles. The third-order valence-corrected chi connectivity index (χ3v) is 2.68. The van der Waals surface area contributed by atoms with Crippen LogP contribution in [0.25, 0.3) is 0 Å². The van der Waals surface area contributed by atoms with E-state index in [1.54, 1.807) is 12.1 Å². The van der Waals surface area contributed by atoms with Crippen LogP contribution < -0.4 is 16.4 Å². The highest BCUT2D eigenvalue weighted by molar-refractivity contribution is 7.80. The second-order valence-electron chi connectivity index (χ2n) is 4.01. The molecule has 0 unspecified atom stereocenters. The Hall–Kier alpha value is -2.14. The zero-order chi connectivity index (χ0) is 13.7. The van der Waals surface area contributed by atoms with Crippen molar-refractivity contribution in [3.63, 3.8) is 0 Å². The van der Waals surface area contributed by atoms with Crippen molar-refractivity contribution >= 4 is 28.7 Å². The van der Waals surface area contributed by atoms with Gasteiger partial charge in [0, 0.05) is 6.54 Å². The van der Waals surface area contributed by atoms with E-state index in [0.29, 0.717) is 6.54 Å². The summed E-state index contributed by atoms with van der Waals surface area (Å²) in [7, 11) is 0. The van der Waals surface area contributed by atoms with E-state index in [0.717, 1.165) is 16.9 Å². The van der Waals surface area contributed by atoms with E-state index in [9.17, 15) is 4.39 Å². The molecule has 2 aromatic carbocycles. The molecule has 0 fully saturated rings. The minimum atomic E-state index is -0.237. The summed E-state index contributed by atoms with van der Waals surface area (Å²) in [6.45, 7) is 0.594. The van der Waals surface area contributed by atoms with Gasteiger partial charge in [-0.15, -0.1) is 0 Å². The topological polar surface area (TPSA) is 50.1 Å². The van der Waals surface area contributed by atoms with Crippen molar-refractivity contribution in [3.8, 4) is 0 Å². The highest BCUT2D eigenvalue weighted by Gasteiger charge is 2.02. The number of anilines is 2. The molecule has 98 valence electrons. The predicted molar refractivity (Wildman–Crippen MR) is 80.6 cm³/mol. The van der Waals surface area contributed by atoms with Crippen molar-refractivity contribution in [3.05, 3.63) is 59.9 Å². The number of hydrogen-bond donors (Lipinski definition) is 3. The first kappa shape index (κ1) is 13.3. The fourth-order valence-corrected chi connectivity index (χ4v) is 1.79. The maximum Gasteiger partial charge on any atom is 0.168 e. The van der Waals surface area contributed by atoms with Crippen LogP contribution in [0.15, 0.2) is 48.5 Å². The number of hydrogen-bond acceptors (Lipinski definition) is 2. The lowest BCUT2D eigenvalue weighted by Gasteiger charge is -2.12. The molecule has 0 aliphatic heterocycles. The smallest absolute Gasteiger partial charge is 0.168 e. The zero-order valence-corrected chi connectivity index (χ0v) is 11.0. The zero-order valence-electron chi connectivity index (χ0n) is 10.2. The summed E-state index contributed by atoms with van der Waals surface area (Å²) in [5, 5.41) is 6.38. The van der Waals surface area contributed by atoms with Gasteiger partial charge >= 0.3 is 0 Å². The summed E-state index contributed by atoms with van der Waals surface area (Å²) in [4.78, 5) is 0. The predicted octanol–water partition coefficient (Wildman–Crippen LogP) is 3.09. The van der Waals surface area contributed by atoms with E-state index in [1.807, 2.05) is 24.3 Å². The molecule has 5 heteroatoms. The third kappa shape index (κ3) is 3.93.